The fraction of sp³-hybridized carbons (Fsp3) is 0.800. The second kappa shape index (κ2) is 3.27. The zero-order chi connectivity index (χ0) is 9.71. The molecule has 4 heteroatoms. The van der Waals surface area contributed by atoms with E-state index in [4.69, 9.17) is 0 Å². The molecule has 0 amide bonds. The molecule has 2 aliphatic heterocycles. The quantitative estimate of drug-likeness (QED) is 0.627. The first-order chi connectivity index (χ1) is 6.79. The van der Waals surface area contributed by atoms with E-state index in [1.54, 1.807) is 23.5 Å². The summed E-state index contributed by atoms with van der Waals surface area (Å²) in [6.07, 6.45) is 1.87. The second-order valence-electron chi connectivity index (χ2n) is 4.18. The van der Waals surface area contributed by atoms with Gasteiger partial charge in [0, 0.05) is 11.8 Å². The minimum atomic E-state index is 0.0300. The van der Waals surface area contributed by atoms with Gasteiger partial charge in [0.05, 0.1) is 10.5 Å². The van der Waals surface area contributed by atoms with E-state index in [-0.39, 0.29) is 22.3 Å². The molecule has 2 nitrogen and oxygen atoms in total. The van der Waals surface area contributed by atoms with Crippen LogP contribution in [-0.4, -0.2) is 33.6 Å². The van der Waals surface area contributed by atoms with E-state index in [0.717, 1.165) is 24.3 Å². The van der Waals surface area contributed by atoms with Crippen molar-refractivity contribution in [2.45, 2.75) is 23.3 Å². The Morgan fingerprint density at radius 3 is 1.71 bits per heavy atom. The van der Waals surface area contributed by atoms with Crippen molar-refractivity contribution in [2.24, 2.45) is 11.8 Å². The third-order valence-electron chi connectivity index (χ3n) is 3.48. The van der Waals surface area contributed by atoms with E-state index in [0.29, 0.717) is 11.6 Å². The number of Topliss-reactive ketones (excluding diaryl/α,β-unsaturated/α-hetero) is 2. The van der Waals surface area contributed by atoms with Gasteiger partial charge in [0.25, 0.3) is 0 Å². The first kappa shape index (κ1) is 9.28. The van der Waals surface area contributed by atoms with Crippen molar-refractivity contribution in [1.29, 1.82) is 0 Å². The highest BCUT2D eigenvalue weighted by atomic mass is 32.2. The molecule has 1 aliphatic carbocycles. The first-order valence-corrected chi connectivity index (χ1v) is 7.19. The van der Waals surface area contributed by atoms with Crippen molar-refractivity contribution < 1.29 is 9.59 Å². The van der Waals surface area contributed by atoms with Crippen LogP contribution < -0.4 is 0 Å². The SMILES string of the molecule is O=C1C2CCSC2C(=O)C2CCSC12. The molecule has 3 rings (SSSR count). The van der Waals surface area contributed by atoms with Crippen molar-refractivity contribution in [3.05, 3.63) is 0 Å². The number of ketones is 2. The molecule has 0 aromatic heterocycles. The molecule has 2 heterocycles. The highest BCUT2D eigenvalue weighted by Crippen LogP contribution is 2.47. The van der Waals surface area contributed by atoms with E-state index >= 15 is 0 Å². The van der Waals surface area contributed by atoms with Gasteiger partial charge in [-0.15, -0.1) is 23.5 Å². The third-order valence-corrected chi connectivity index (χ3v) is 6.26. The molecule has 3 fully saturated rings. The summed E-state index contributed by atoms with van der Waals surface area (Å²) in [6.45, 7) is 0. The standard InChI is InChI=1S/C10H12O2S2/c11-7-5-1-3-13-9(5)8(12)6-2-4-14-10(6)7/h5-6,9-10H,1-4H2. The molecule has 0 N–H and O–H groups in total. The summed E-state index contributed by atoms with van der Waals surface area (Å²) in [5, 5.41) is 0.0601. The van der Waals surface area contributed by atoms with Gasteiger partial charge >= 0.3 is 0 Å². The molecule has 4 atom stereocenters. The Labute approximate surface area is 91.6 Å². The number of carbonyl (C=O) groups excluding carboxylic acids is 2. The molecule has 14 heavy (non-hydrogen) atoms. The van der Waals surface area contributed by atoms with Crippen molar-refractivity contribution in [2.75, 3.05) is 11.5 Å². The molecule has 2 saturated heterocycles. The van der Waals surface area contributed by atoms with Gasteiger partial charge in [-0.3, -0.25) is 9.59 Å². The highest BCUT2D eigenvalue weighted by molar-refractivity contribution is 8.01. The lowest BCUT2D eigenvalue weighted by atomic mass is 9.77. The first-order valence-electron chi connectivity index (χ1n) is 5.09. The van der Waals surface area contributed by atoms with Crippen LogP contribution in [0.1, 0.15) is 12.8 Å². The summed E-state index contributed by atoms with van der Waals surface area (Å²) in [7, 11) is 0. The van der Waals surface area contributed by atoms with Crippen LogP contribution in [0.5, 0.6) is 0 Å². The molecule has 0 aromatic carbocycles. The Kier molecular flexibility index (Phi) is 2.17. The predicted octanol–water partition coefficient (Wildman–Crippen LogP) is 1.38. The van der Waals surface area contributed by atoms with Crippen molar-refractivity contribution in [1.82, 2.24) is 0 Å². The Hall–Kier alpha value is 0.0400. The summed E-state index contributed by atoms with van der Waals surface area (Å²) in [5.74, 6) is 2.89. The molecule has 0 spiro atoms. The van der Waals surface area contributed by atoms with Crippen LogP contribution in [0.15, 0.2) is 0 Å². The molecule has 3 aliphatic rings. The number of fused-ring (bicyclic) bond motifs is 2. The van der Waals surface area contributed by atoms with Gasteiger partial charge in [-0.25, -0.2) is 0 Å². The summed E-state index contributed by atoms with van der Waals surface area (Å²) in [5.41, 5.74) is 0. The monoisotopic (exact) mass is 228 g/mol. The maximum absolute atomic E-state index is 12.0. The van der Waals surface area contributed by atoms with E-state index in [1.807, 2.05) is 0 Å². The zero-order valence-electron chi connectivity index (χ0n) is 7.77. The molecule has 0 radical (unpaired) electrons. The summed E-state index contributed by atoms with van der Waals surface area (Å²) in [4.78, 5) is 24.1. The van der Waals surface area contributed by atoms with Gasteiger partial charge in [-0.2, -0.15) is 0 Å². The van der Waals surface area contributed by atoms with Crippen molar-refractivity contribution >= 4 is 35.1 Å². The summed E-state index contributed by atoms with van der Waals surface area (Å²) in [6, 6.07) is 0. The molecular weight excluding hydrogens is 216 g/mol. The van der Waals surface area contributed by atoms with E-state index < -0.39 is 0 Å². The smallest absolute Gasteiger partial charge is 0.151 e. The lowest BCUT2D eigenvalue weighted by Crippen LogP contribution is -2.47. The lowest BCUT2D eigenvalue weighted by molar-refractivity contribution is -0.134. The number of hydrogen-bond donors (Lipinski definition) is 0. The predicted molar refractivity (Wildman–Crippen MR) is 58.7 cm³/mol. The van der Waals surface area contributed by atoms with Gasteiger partial charge in [0.15, 0.2) is 11.6 Å². The molecule has 1 saturated carbocycles. The Morgan fingerprint density at radius 1 is 0.857 bits per heavy atom. The van der Waals surface area contributed by atoms with Crippen LogP contribution in [-0.2, 0) is 9.59 Å². The number of thioether (sulfide) groups is 2. The molecule has 0 aromatic rings. The minimum absolute atomic E-state index is 0.0300. The maximum Gasteiger partial charge on any atom is 0.151 e. The Bertz CT molecular complexity index is 248. The van der Waals surface area contributed by atoms with Gasteiger partial charge in [0.1, 0.15) is 0 Å². The fourth-order valence-corrected chi connectivity index (χ4v) is 5.72. The molecule has 76 valence electrons. The number of hydrogen-bond acceptors (Lipinski definition) is 4. The van der Waals surface area contributed by atoms with E-state index in [9.17, 15) is 9.59 Å². The largest absolute Gasteiger partial charge is 0.298 e. The van der Waals surface area contributed by atoms with Gasteiger partial charge < -0.3 is 0 Å². The van der Waals surface area contributed by atoms with Gasteiger partial charge in [-0.05, 0) is 24.3 Å². The van der Waals surface area contributed by atoms with E-state index in [1.165, 1.54) is 0 Å². The fourth-order valence-electron chi connectivity index (χ4n) is 2.74. The second-order valence-corrected chi connectivity index (χ2v) is 6.68. The van der Waals surface area contributed by atoms with Crippen LogP contribution in [0.25, 0.3) is 0 Å². The zero-order valence-corrected chi connectivity index (χ0v) is 9.40. The summed E-state index contributed by atoms with van der Waals surface area (Å²) < 4.78 is 0. The molecule has 0 bridgehead atoms. The van der Waals surface area contributed by atoms with Crippen LogP contribution in [0.2, 0.25) is 0 Å². The maximum atomic E-state index is 12.0. The number of carbonyl (C=O) groups is 2. The van der Waals surface area contributed by atoms with Crippen LogP contribution >= 0.6 is 23.5 Å². The van der Waals surface area contributed by atoms with Gasteiger partial charge in [-0.1, -0.05) is 0 Å². The molecular formula is C10H12O2S2. The third kappa shape index (κ3) is 1.13. The average molecular weight is 228 g/mol. The van der Waals surface area contributed by atoms with Crippen LogP contribution in [0.3, 0.4) is 0 Å². The topological polar surface area (TPSA) is 34.1 Å². The van der Waals surface area contributed by atoms with Gasteiger partial charge in [0.2, 0.25) is 0 Å². The normalized spacial score (nSPS) is 46.6. The highest BCUT2D eigenvalue weighted by Gasteiger charge is 2.53. The minimum Gasteiger partial charge on any atom is -0.298 e. The average Bonchev–Trinajstić information content (AvgIpc) is 2.82. The molecule has 4 unspecified atom stereocenters. The number of rotatable bonds is 0. The lowest BCUT2D eigenvalue weighted by Gasteiger charge is -2.30. The van der Waals surface area contributed by atoms with Crippen molar-refractivity contribution in [3.8, 4) is 0 Å². The Balaban J connectivity index is 1.96. The van der Waals surface area contributed by atoms with Crippen LogP contribution in [0, 0.1) is 11.8 Å². The van der Waals surface area contributed by atoms with E-state index in [2.05, 4.69) is 0 Å². The van der Waals surface area contributed by atoms with Crippen molar-refractivity contribution in [3.63, 3.8) is 0 Å². The Morgan fingerprint density at radius 2 is 1.29 bits per heavy atom. The summed E-state index contributed by atoms with van der Waals surface area (Å²) >= 11 is 3.41. The van der Waals surface area contributed by atoms with Crippen LogP contribution in [0.4, 0.5) is 0 Å².